The molecule has 6 heteroatoms. The van der Waals surface area contributed by atoms with E-state index in [1.165, 1.54) is 48.5 Å². The fraction of sp³-hybridized carbons (Fsp3) is 0.111. The molecule has 0 fully saturated rings. The summed E-state index contributed by atoms with van der Waals surface area (Å²) in [6.07, 6.45) is 0. The van der Waals surface area contributed by atoms with Gasteiger partial charge in [-0.15, -0.1) is 0 Å². The third kappa shape index (κ3) is 3.20. The average molecular weight is 362 g/mol. The number of benzene rings is 2. The van der Waals surface area contributed by atoms with Crippen molar-refractivity contribution in [2.45, 2.75) is 23.6 Å². The minimum Gasteiger partial charge on any atom is -0.207 e. The number of allylic oxidation sites excluding steroid dienone is 2. The van der Waals surface area contributed by atoms with E-state index in [0.717, 1.165) is 22.3 Å². The van der Waals surface area contributed by atoms with Crippen molar-refractivity contribution in [3.05, 3.63) is 72.8 Å². The van der Waals surface area contributed by atoms with E-state index in [2.05, 4.69) is 13.2 Å². The summed E-state index contributed by atoms with van der Waals surface area (Å²) < 4.78 is 50.1. The van der Waals surface area contributed by atoms with Gasteiger partial charge in [0.15, 0.2) is 0 Å². The first kappa shape index (κ1) is 18.2. The minimum atomic E-state index is -4.55. The van der Waals surface area contributed by atoms with Crippen LogP contribution in [0.25, 0.3) is 11.1 Å². The summed E-state index contributed by atoms with van der Waals surface area (Å²) in [7, 11) is -9.09. The van der Waals surface area contributed by atoms with Gasteiger partial charge in [-0.2, -0.15) is 0 Å². The van der Waals surface area contributed by atoms with Crippen LogP contribution in [0.2, 0.25) is 0 Å². The predicted molar refractivity (Wildman–Crippen MR) is 96.7 cm³/mol. The summed E-state index contributed by atoms with van der Waals surface area (Å²) in [4.78, 5) is -0.534. The molecule has 0 aliphatic heterocycles. The van der Waals surface area contributed by atoms with Gasteiger partial charge in [-0.05, 0) is 49.2 Å². The minimum absolute atomic E-state index is 0.267. The fourth-order valence-electron chi connectivity index (χ4n) is 2.07. The maximum Gasteiger partial charge on any atom is 0.286 e. The molecular formula is C18H18O4S2. The summed E-state index contributed by atoms with van der Waals surface area (Å²) in [6.45, 7) is 11.1. The molecule has 0 amide bonds. The summed E-state index contributed by atoms with van der Waals surface area (Å²) in [5, 5.41) is 0. The Labute approximate surface area is 142 Å². The van der Waals surface area contributed by atoms with Gasteiger partial charge in [0.1, 0.15) is 0 Å². The van der Waals surface area contributed by atoms with Crippen LogP contribution in [0.4, 0.5) is 0 Å². The van der Waals surface area contributed by atoms with Gasteiger partial charge in [0, 0.05) is 0 Å². The molecule has 0 saturated carbocycles. The van der Waals surface area contributed by atoms with Crippen LogP contribution < -0.4 is 0 Å². The van der Waals surface area contributed by atoms with Crippen LogP contribution in [0, 0.1) is 0 Å². The Kier molecular flexibility index (Phi) is 4.82. The van der Waals surface area contributed by atoms with E-state index in [9.17, 15) is 16.8 Å². The number of hydrogen-bond donors (Lipinski definition) is 0. The molecule has 0 N–H and O–H groups in total. The van der Waals surface area contributed by atoms with Crippen molar-refractivity contribution in [2.24, 2.45) is 0 Å². The lowest BCUT2D eigenvalue weighted by Crippen LogP contribution is -2.16. The number of rotatable bonds is 5. The van der Waals surface area contributed by atoms with Crippen LogP contribution in [0.1, 0.15) is 25.0 Å². The molecule has 24 heavy (non-hydrogen) atoms. The summed E-state index contributed by atoms with van der Waals surface area (Å²) in [5.74, 6) is 0. The van der Waals surface area contributed by atoms with Gasteiger partial charge < -0.3 is 0 Å². The summed E-state index contributed by atoms with van der Waals surface area (Å²) in [6, 6.07) is 11.3. The third-order valence-electron chi connectivity index (χ3n) is 3.56. The molecule has 2 rings (SSSR count). The zero-order chi connectivity index (χ0) is 18.1. The second kappa shape index (κ2) is 6.37. The molecule has 0 bridgehead atoms. The van der Waals surface area contributed by atoms with Gasteiger partial charge in [0.25, 0.3) is 17.7 Å². The first-order chi connectivity index (χ1) is 11.1. The molecule has 126 valence electrons. The van der Waals surface area contributed by atoms with Gasteiger partial charge in [-0.3, -0.25) is 0 Å². The standard InChI is InChI=1S/C18H18O4S2/c1-13(2)15-5-9-17(10-6-15)23(19,20)24(21,22)18-11-7-16(8-12-18)14(3)4/h5-12H,1,3H2,2,4H3. The lowest BCUT2D eigenvalue weighted by molar-refractivity contribution is 0.582. The Morgan fingerprint density at radius 1 is 0.625 bits per heavy atom. The Hall–Kier alpha value is -2.18. The molecule has 0 heterocycles. The van der Waals surface area contributed by atoms with Crippen molar-refractivity contribution in [1.29, 1.82) is 0 Å². The first-order valence-corrected chi connectivity index (χ1v) is 10.6. The topological polar surface area (TPSA) is 68.3 Å². The molecule has 2 aromatic rings. The zero-order valence-electron chi connectivity index (χ0n) is 13.5. The van der Waals surface area contributed by atoms with Crippen LogP contribution >= 0.6 is 0 Å². The van der Waals surface area contributed by atoms with Gasteiger partial charge in [-0.25, -0.2) is 16.8 Å². The summed E-state index contributed by atoms with van der Waals surface area (Å²) >= 11 is 0. The average Bonchev–Trinajstić information content (AvgIpc) is 2.54. The molecule has 2 aromatic carbocycles. The molecule has 0 spiro atoms. The molecular weight excluding hydrogens is 344 g/mol. The Balaban J connectivity index is 2.50. The summed E-state index contributed by atoms with van der Waals surface area (Å²) in [5.41, 5.74) is 3.02. The van der Waals surface area contributed by atoms with Crippen molar-refractivity contribution in [3.8, 4) is 0 Å². The van der Waals surface area contributed by atoms with E-state index in [1.807, 2.05) is 0 Å². The highest BCUT2D eigenvalue weighted by molar-refractivity contribution is 8.67. The van der Waals surface area contributed by atoms with E-state index < -0.39 is 17.7 Å². The maximum atomic E-state index is 12.5. The lowest BCUT2D eigenvalue weighted by atomic mass is 10.1. The SMILES string of the molecule is C=C(C)c1ccc(S(=O)(=O)S(=O)(=O)c2ccc(C(=C)C)cc2)cc1. The van der Waals surface area contributed by atoms with Crippen LogP contribution in [-0.4, -0.2) is 16.8 Å². The van der Waals surface area contributed by atoms with Gasteiger partial charge in [0.2, 0.25) is 0 Å². The predicted octanol–water partition coefficient (Wildman–Crippen LogP) is 3.92. The van der Waals surface area contributed by atoms with E-state index in [-0.39, 0.29) is 9.79 Å². The van der Waals surface area contributed by atoms with Crippen molar-refractivity contribution < 1.29 is 16.8 Å². The first-order valence-electron chi connectivity index (χ1n) is 7.09. The smallest absolute Gasteiger partial charge is 0.207 e. The van der Waals surface area contributed by atoms with E-state index in [0.29, 0.717) is 0 Å². The Morgan fingerprint density at radius 2 is 0.875 bits per heavy atom. The van der Waals surface area contributed by atoms with Crippen LogP contribution in [0.3, 0.4) is 0 Å². The molecule has 0 unspecified atom stereocenters. The van der Waals surface area contributed by atoms with E-state index in [1.54, 1.807) is 13.8 Å². The highest BCUT2D eigenvalue weighted by Crippen LogP contribution is 2.26. The van der Waals surface area contributed by atoms with Crippen molar-refractivity contribution >= 4 is 28.9 Å². The highest BCUT2D eigenvalue weighted by Gasteiger charge is 2.33. The molecule has 4 nitrogen and oxygen atoms in total. The molecule has 0 aliphatic rings. The van der Waals surface area contributed by atoms with Gasteiger partial charge in [-0.1, -0.05) is 48.6 Å². The fourth-order valence-corrected chi connectivity index (χ4v) is 5.70. The highest BCUT2D eigenvalue weighted by atomic mass is 33.2. The lowest BCUT2D eigenvalue weighted by Gasteiger charge is -2.08. The largest absolute Gasteiger partial charge is 0.286 e. The van der Waals surface area contributed by atoms with Crippen molar-refractivity contribution in [3.63, 3.8) is 0 Å². The monoisotopic (exact) mass is 362 g/mol. The van der Waals surface area contributed by atoms with Crippen molar-refractivity contribution in [2.75, 3.05) is 0 Å². The Bertz CT molecular complexity index is 910. The molecule has 0 atom stereocenters. The van der Waals surface area contributed by atoms with Crippen LogP contribution in [0.5, 0.6) is 0 Å². The molecule has 0 aliphatic carbocycles. The quantitative estimate of drug-likeness (QED) is 0.756. The second-order valence-electron chi connectivity index (χ2n) is 5.52. The maximum absolute atomic E-state index is 12.5. The third-order valence-corrected chi connectivity index (χ3v) is 8.73. The van der Waals surface area contributed by atoms with Gasteiger partial charge >= 0.3 is 0 Å². The molecule has 0 radical (unpaired) electrons. The second-order valence-corrected chi connectivity index (χ2v) is 10.9. The van der Waals surface area contributed by atoms with Crippen LogP contribution in [-0.2, 0) is 17.7 Å². The number of hydrogen-bond acceptors (Lipinski definition) is 4. The van der Waals surface area contributed by atoms with E-state index >= 15 is 0 Å². The van der Waals surface area contributed by atoms with Crippen molar-refractivity contribution in [1.82, 2.24) is 0 Å². The van der Waals surface area contributed by atoms with Crippen LogP contribution in [0.15, 0.2) is 71.5 Å². The normalized spacial score (nSPS) is 11.9. The zero-order valence-corrected chi connectivity index (χ0v) is 15.1. The molecule has 0 saturated heterocycles. The van der Waals surface area contributed by atoms with Gasteiger partial charge in [0.05, 0.1) is 9.79 Å². The molecule has 0 aromatic heterocycles. The Morgan fingerprint density at radius 3 is 1.08 bits per heavy atom. The van der Waals surface area contributed by atoms with E-state index in [4.69, 9.17) is 0 Å².